The summed E-state index contributed by atoms with van der Waals surface area (Å²) >= 11 is 0. The third-order valence-corrected chi connectivity index (χ3v) is 2.45. The lowest BCUT2D eigenvalue weighted by atomic mass is 10.0. The van der Waals surface area contributed by atoms with Crippen LogP contribution >= 0.6 is 0 Å². The highest BCUT2D eigenvalue weighted by Gasteiger charge is 2.04. The first-order valence-electron chi connectivity index (χ1n) is 5.59. The standard InChI is InChI=1S/C14H14FNO2/c15-12-6-11(8-14(9-12)18-5-4-17)10-2-1-3-13(16)7-10/h1-3,6-9,17H,4-5,16H2. The Bertz CT molecular complexity index is 543. The molecule has 0 aliphatic rings. The summed E-state index contributed by atoms with van der Waals surface area (Å²) in [6, 6.07) is 11.6. The predicted molar refractivity (Wildman–Crippen MR) is 68.8 cm³/mol. The molecule has 0 aromatic heterocycles. The Kier molecular flexibility index (Phi) is 3.79. The molecule has 3 nitrogen and oxygen atoms in total. The number of anilines is 1. The molecule has 0 bridgehead atoms. The van der Waals surface area contributed by atoms with E-state index in [1.165, 1.54) is 12.1 Å². The summed E-state index contributed by atoms with van der Waals surface area (Å²) in [5.41, 5.74) is 7.83. The smallest absolute Gasteiger partial charge is 0.127 e. The number of benzene rings is 2. The fraction of sp³-hybridized carbons (Fsp3) is 0.143. The number of nitrogens with two attached hydrogens (primary N) is 1. The third kappa shape index (κ3) is 2.99. The zero-order valence-electron chi connectivity index (χ0n) is 9.77. The maximum Gasteiger partial charge on any atom is 0.127 e. The van der Waals surface area contributed by atoms with Gasteiger partial charge >= 0.3 is 0 Å². The lowest BCUT2D eigenvalue weighted by Crippen LogP contribution is -2.02. The van der Waals surface area contributed by atoms with Crippen LogP contribution in [0.3, 0.4) is 0 Å². The molecule has 0 saturated heterocycles. The van der Waals surface area contributed by atoms with Gasteiger partial charge in [-0.1, -0.05) is 12.1 Å². The first kappa shape index (κ1) is 12.4. The molecule has 0 unspecified atom stereocenters. The van der Waals surface area contributed by atoms with E-state index < -0.39 is 0 Å². The number of halogens is 1. The fourth-order valence-corrected chi connectivity index (χ4v) is 1.69. The summed E-state index contributed by atoms with van der Waals surface area (Å²) in [5.74, 6) is 0.00402. The van der Waals surface area contributed by atoms with E-state index in [4.69, 9.17) is 15.6 Å². The van der Waals surface area contributed by atoms with Crippen molar-refractivity contribution in [1.29, 1.82) is 0 Å². The molecule has 0 atom stereocenters. The first-order chi connectivity index (χ1) is 8.69. The molecule has 0 saturated carbocycles. The SMILES string of the molecule is Nc1cccc(-c2cc(F)cc(OCCO)c2)c1. The monoisotopic (exact) mass is 247 g/mol. The quantitative estimate of drug-likeness (QED) is 0.816. The molecule has 2 aromatic rings. The minimum absolute atomic E-state index is 0.107. The van der Waals surface area contributed by atoms with E-state index >= 15 is 0 Å². The molecule has 0 aliphatic carbocycles. The van der Waals surface area contributed by atoms with Gasteiger partial charge in [0.2, 0.25) is 0 Å². The van der Waals surface area contributed by atoms with Crippen LogP contribution in [0.15, 0.2) is 42.5 Å². The van der Waals surface area contributed by atoms with Gasteiger partial charge in [0.15, 0.2) is 0 Å². The molecular weight excluding hydrogens is 233 g/mol. The van der Waals surface area contributed by atoms with Crippen LogP contribution in [0.2, 0.25) is 0 Å². The molecule has 3 N–H and O–H groups in total. The van der Waals surface area contributed by atoms with Gasteiger partial charge in [0, 0.05) is 11.8 Å². The molecule has 4 heteroatoms. The van der Waals surface area contributed by atoms with Gasteiger partial charge in [0.05, 0.1) is 6.61 Å². The van der Waals surface area contributed by atoms with Crippen LogP contribution < -0.4 is 10.5 Å². The van der Waals surface area contributed by atoms with Crippen molar-refractivity contribution < 1.29 is 14.2 Å². The van der Waals surface area contributed by atoms with Crippen LogP contribution in [0.5, 0.6) is 5.75 Å². The van der Waals surface area contributed by atoms with Crippen LogP contribution in [0.25, 0.3) is 11.1 Å². The normalized spacial score (nSPS) is 10.3. The van der Waals surface area contributed by atoms with Gasteiger partial charge in [-0.05, 0) is 35.4 Å². The maximum atomic E-state index is 13.5. The molecule has 0 aliphatic heterocycles. The summed E-state index contributed by atoms with van der Waals surface area (Å²) in [6.07, 6.45) is 0. The molecule has 0 spiro atoms. The van der Waals surface area contributed by atoms with Crippen molar-refractivity contribution in [3.05, 3.63) is 48.3 Å². The van der Waals surface area contributed by atoms with E-state index in [0.29, 0.717) is 17.0 Å². The van der Waals surface area contributed by atoms with Crippen molar-refractivity contribution in [2.45, 2.75) is 0 Å². The Morgan fingerprint density at radius 3 is 2.67 bits per heavy atom. The predicted octanol–water partition coefficient (Wildman–Crippen LogP) is 2.45. The molecule has 18 heavy (non-hydrogen) atoms. The summed E-state index contributed by atoms with van der Waals surface area (Å²) < 4.78 is 18.7. The van der Waals surface area contributed by atoms with Crippen LogP contribution in [0.4, 0.5) is 10.1 Å². The van der Waals surface area contributed by atoms with E-state index in [2.05, 4.69) is 0 Å². The molecular formula is C14H14FNO2. The van der Waals surface area contributed by atoms with Crippen LogP contribution in [-0.4, -0.2) is 18.3 Å². The Balaban J connectivity index is 2.35. The molecule has 0 amide bonds. The minimum atomic E-state index is -0.386. The van der Waals surface area contributed by atoms with Gasteiger partial charge in [-0.15, -0.1) is 0 Å². The highest BCUT2D eigenvalue weighted by molar-refractivity contribution is 5.68. The highest BCUT2D eigenvalue weighted by Crippen LogP contribution is 2.26. The second-order valence-electron chi connectivity index (χ2n) is 3.87. The number of hydrogen-bond acceptors (Lipinski definition) is 3. The number of aliphatic hydroxyl groups excluding tert-OH is 1. The van der Waals surface area contributed by atoms with Crippen molar-refractivity contribution in [2.75, 3.05) is 18.9 Å². The topological polar surface area (TPSA) is 55.5 Å². The lowest BCUT2D eigenvalue weighted by molar-refractivity contribution is 0.201. The zero-order valence-corrected chi connectivity index (χ0v) is 9.77. The van der Waals surface area contributed by atoms with Crippen LogP contribution in [0, 0.1) is 5.82 Å². The van der Waals surface area contributed by atoms with Crippen molar-refractivity contribution >= 4 is 5.69 Å². The Morgan fingerprint density at radius 2 is 1.94 bits per heavy atom. The minimum Gasteiger partial charge on any atom is -0.491 e. The fourth-order valence-electron chi connectivity index (χ4n) is 1.69. The van der Waals surface area contributed by atoms with Gasteiger partial charge in [-0.3, -0.25) is 0 Å². The van der Waals surface area contributed by atoms with Crippen molar-refractivity contribution in [2.24, 2.45) is 0 Å². The van der Waals surface area contributed by atoms with E-state index in [-0.39, 0.29) is 19.0 Å². The van der Waals surface area contributed by atoms with Crippen LogP contribution in [0.1, 0.15) is 0 Å². The molecule has 94 valence electrons. The zero-order chi connectivity index (χ0) is 13.0. The molecule has 2 aromatic carbocycles. The van der Waals surface area contributed by atoms with Gasteiger partial charge in [0.1, 0.15) is 18.2 Å². The third-order valence-electron chi connectivity index (χ3n) is 2.45. The summed E-state index contributed by atoms with van der Waals surface area (Å²) in [7, 11) is 0. The molecule has 0 fully saturated rings. The highest BCUT2D eigenvalue weighted by atomic mass is 19.1. The van der Waals surface area contributed by atoms with Crippen molar-refractivity contribution in [3.8, 4) is 16.9 Å². The van der Waals surface area contributed by atoms with E-state index in [0.717, 1.165) is 5.56 Å². The number of aliphatic hydroxyl groups is 1. The second-order valence-corrected chi connectivity index (χ2v) is 3.87. The molecule has 0 radical (unpaired) electrons. The number of rotatable bonds is 4. The van der Waals surface area contributed by atoms with Gasteiger partial charge < -0.3 is 15.6 Å². The number of ether oxygens (including phenoxy) is 1. The summed E-state index contributed by atoms with van der Waals surface area (Å²) in [6.45, 7) is 0.0317. The summed E-state index contributed by atoms with van der Waals surface area (Å²) in [4.78, 5) is 0. The lowest BCUT2D eigenvalue weighted by Gasteiger charge is -2.08. The Hall–Kier alpha value is -2.07. The molecule has 2 rings (SSSR count). The van der Waals surface area contributed by atoms with Gasteiger partial charge in [-0.2, -0.15) is 0 Å². The Labute approximate surface area is 105 Å². The maximum absolute atomic E-state index is 13.5. The van der Waals surface area contributed by atoms with Gasteiger partial charge in [-0.25, -0.2) is 4.39 Å². The number of nitrogen functional groups attached to an aromatic ring is 1. The van der Waals surface area contributed by atoms with Crippen molar-refractivity contribution in [3.63, 3.8) is 0 Å². The first-order valence-corrected chi connectivity index (χ1v) is 5.59. The van der Waals surface area contributed by atoms with Gasteiger partial charge in [0.25, 0.3) is 0 Å². The van der Waals surface area contributed by atoms with Crippen LogP contribution in [-0.2, 0) is 0 Å². The second kappa shape index (κ2) is 5.51. The Morgan fingerprint density at radius 1 is 1.11 bits per heavy atom. The summed E-state index contributed by atoms with van der Waals surface area (Å²) in [5, 5.41) is 8.68. The molecule has 0 heterocycles. The average Bonchev–Trinajstić information content (AvgIpc) is 2.36. The largest absolute Gasteiger partial charge is 0.491 e. The average molecular weight is 247 g/mol. The number of hydrogen-bond donors (Lipinski definition) is 2. The van der Waals surface area contributed by atoms with Crippen molar-refractivity contribution in [1.82, 2.24) is 0 Å². The van der Waals surface area contributed by atoms with E-state index in [1.807, 2.05) is 12.1 Å². The van der Waals surface area contributed by atoms with E-state index in [1.54, 1.807) is 18.2 Å². The van der Waals surface area contributed by atoms with E-state index in [9.17, 15) is 4.39 Å².